The molecule has 0 rings (SSSR count). The first-order chi connectivity index (χ1) is 5.11. The van der Waals surface area contributed by atoms with Crippen molar-refractivity contribution >= 4 is 0 Å². The van der Waals surface area contributed by atoms with E-state index in [-0.39, 0.29) is 0 Å². The second kappa shape index (κ2) is 4.73. The third-order valence-electron chi connectivity index (χ3n) is 1.51. The fourth-order valence-corrected chi connectivity index (χ4v) is 0.766. The quantitative estimate of drug-likeness (QED) is 0.536. The molecule has 0 aliphatic carbocycles. The molecule has 0 heterocycles. The lowest BCUT2D eigenvalue weighted by atomic mass is 10.1. The van der Waals surface area contributed by atoms with Gasteiger partial charge in [-0.2, -0.15) is 0 Å². The number of allylic oxidation sites excluding steroid dienone is 6. The topological polar surface area (TPSA) is 0 Å². The highest BCUT2D eigenvalue weighted by Gasteiger charge is 1.91. The molecule has 0 radical (unpaired) electrons. The van der Waals surface area contributed by atoms with Gasteiger partial charge < -0.3 is 0 Å². The molecular formula is C11H16. The molecule has 0 spiro atoms. The molecule has 0 nitrogen and oxygen atoms in total. The predicted molar refractivity (Wildman–Crippen MR) is 52.5 cm³/mol. The van der Waals surface area contributed by atoms with Crippen molar-refractivity contribution in [2.45, 2.75) is 20.8 Å². The van der Waals surface area contributed by atoms with Gasteiger partial charge in [-0.1, -0.05) is 37.0 Å². The van der Waals surface area contributed by atoms with E-state index in [1.165, 1.54) is 5.57 Å². The Morgan fingerprint density at radius 1 is 1.27 bits per heavy atom. The Hall–Kier alpha value is -1.04. The molecule has 0 saturated carbocycles. The smallest absolute Gasteiger partial charge is 0.0234 e. The summed E-state index contributed by atoms with van der Waals surface area (Å²) in [6.45, 7) is 13.6. The van der Waals surface area contributed by atoms with Crippen molar-refractivity contribution in [2.24, 2.45) is 0 Å². The molecule has 0 heteroatoms. The van der Waals surface area contributed by atoms with Crippen LogP contribution in [-0.4, -0.2) is 0 Å². The lowest BCUT2D eigenvalue weighted by Crippen LogP contribution is -1.80. The predicted octanol–water partition coefficient (Wildman–Crippen LogP) is 3.64. The molecule has 11 heavy (non-hydrogen) atoms. The average molecular weight is 148 g/mol. The summed E-state index contributed by atoms with van der Waals surface area (Å²) in [6.07, 6.45) is 5.95. The Bertz CT molecular complexity index is 214. The third-order valence-corrected chi connectivity index (χ3v) is 1.51. The van der Waals surface area contributed by atoms with E-state index >= 15 is 0 Å². The molecule has 0 amide bonds. The van der Waals surface area contributed by atoms with Crippen LogP contribution in [0.3, 0.4) is 0 Å². The Morgan fingerprint density at radius 3 is 2.09 bits per heavy atom. The minimum Gasteiger partial charge on any atom is -0.0985 e. The SMILES string of the molecule is C=CC(=C/C(=C)C)/C(C)=C\C. The summed E-state index contributed by atoms with van der Waals surface area (Å²) in [5, 5.41) is 0. The van der Waals surface area contributed by atoms with Crippen molar-refractivity contribution in [1.82, 2.24) is 0 Å². The first-order valence-electron chi connectivity index (χ1n) is 3.74. The summed E-state index contributed by atoms with van der Waals surface area (Å²) in [6, 6.07) is 0. The Balaban J connectivity index is 4.67. The monoisotopic (exact) mass is 148 g/mol. The Morgan fingerprint density at radius 2 is 1.82 bits per heavy atom. The summed E-state index contributed by atoms with van der Waals surface area (Å²) >= 11 is 0. The molecule has 0 bridgehead atoms. The highest BCUT2D eigenvalue weighted by molar-refractivity contribution is 5.41. The van der Waals surface area contributed by atoms with E-state index in [0.717, 1.165) is 11.1 Å². The van der Waals surface area contributed by atoms with E-state index in [1.807, 2.05) is 26.0 Å². The summed E-state index contributed by atoms with van der Waals surface area (Å²) in [7, 11) is 0. The molecule has 0 fully saturated rings. The van der Waals surface area contributed by atoms with Crippen LogP contribution in [0.25, 0.3) is 0 Å². The van der Waals surface area contributed by atoms with Crippen LogP contribution in [0, 0.1) is 0 Å². The molecule has 0 saturated heterocycles. The van der Waals surface area contributed by atoms with E-state index in [1.54, 1.807) is 0 Å². The zero-order valence-corrected chi connectivity index (χ0v) is 7.65. The van der Waals surface area contributed by atoms with Gasteiger partial charge in [0.2, 0.25) is 0 Å². The number of rotatable bonds is 3. The van der Waals surface area contributed by atoms with Crippen molar-refractivity contribution in [3.8, 4) is 0 Å². The Kier molecular flexibility index (Phi) is 4.28. The van der Waals surface area contributed by atoms with Crippen molar-refractivity contribution in [3.05, 3.63) is 48.1 Å². The number of hydrogen-bond acceptors (Lipinski definition) is 0. The van der Waals surface area contributed by atoms with Crippen LogP contribution in [0.1, 0.15) is 20.8 Å². The molecule has 0 aromatic heterocycles. The van der Waals surface area contributed by atoms with Gasteiger partial charge in [0.15, 0.2) is 0 Å². The summed E-state index contributed by atoms with van der Waals surface area (Å²) in [5.41, 5.74) is 3.45. The van der Waals surface area contributed by atoms with Crippen molar-refractivity contribution in [1.29, 1.82) is 0 Å². The van der Waals surface area contributed by atoms with E-state index in [0.29, 0.717) is 0 Å². The maximum atomic E-state index is 3.81. The van der Waals surface area contributed by atoms with Gasteiger partial charge in [-0.05, 0) is 31.9 Å². The van der Waals surface area contributed by atoms with Crippen LogP contribution in [0.4, 0.5) is 0 Å². The first-order valence-corrected chi connectivity index (χ1v) is 3.74. The van der Waals surface area contributed by atoms with Gasteiger partial charge in [0.25, 0.3) is 0 Å². The molecular weight excluding hydrogens is 132 g/mol. The molecule has 0 aliphatic heterocycles. The van der Waals surface area contributed by atoms with Gasteiger partial charge in [0.1, 0.15) is 0 Å². The lowest BCUT2D eigenvalue weighted by molar-refractivity contribution is 1.38. The maximum absolute atomic E-state index is 3.81. The van der Waals surface area contributed by atoms with Crippen LogP contribution >= 0.6 is 0 Å². The molecule has 60 valence electrons. The second-order valence-electron chi connectivity index (χ2n) is 2.62. The zero-order chi connectivity index (χ0) is 8.85. The van der Waals surface area contributed by atoms with Crippen LogP contribution in [0.15, 0.2) is 48.1 Å². The summed E-state index contributed by atoms with van der Waals surface area (Å²) in [5.74, 6) is 0. The van der Waals surface area contributed by atoms with Crippen LogP contribution < -0.4 is 0 Å². The van der Waals surface area contributed by atoms with Crippen molar-refractivity contribution in [3.63, 3.8) is 0 Å². The molecule has 0 aliphatic rings. The van der Waals surface area contributed by atoms with Crippen LogP contribution in [0.2, 0.25) is 0 Å². The average Bonchev–Trinajstić information content (AvgIpc) is 1.98. The zero-order valence-electron chi connectivity index (χ0n) is 7.65. The minimum absolute atomic E-state index is 1.06. The molecule has 0 unspecified atom stereocenters. The van der Waals surface area contributed by atoms with Gasteiger partial charge in [0.05, 0.1) is 0 Å². The molecule has 0 N–H and O–H groups in total. The van der Waals surface area contributed by atoms with Gasteiger partial charge >= 0.3 is 0 Å². The second-order valence-corrected chi connectivity index (χ2v) is 2.62. The fourth-order valence-electron chi connectivity index (χ4n) is 0.766. The Labute approximate surface area is 69.6 Å². The standard InChI is InChI=1S/C11H16/c1-6-10(5)11(7-2)8-9(3)4/h6-8H,2-3H2,1,4-5H3/b10-6-,11-8-. The van der Waals surface area contributed by atoms with Gasteiger partial charge in [-0.3, -0.25) is 0 Å². The highest BCUT2D eigenvalue weighted by Crippen LogP contribution is 2.11. The normalized spacial score (nSPS) is 13.0. The minimum atomic E-state index is 1.06. The van der Waals surface area contributed by atoms with E-state index in [2.05, 4.69) is 26.2 Å². The molecule has 0 aromatic carbocycles. The van der Waals surface area contributed by atoms with Gasteiger partial charge in [0, 0.05) is 0 Å². The fraction of sp³-hybridized carbons (Fsp3) is 0.273. The third kappa shape index (κ3) is 3.61. The molecule has 0 aromatic rings. The van der Waals surface area contributed by atoms with E-state index < -0.39 is 0 Å². The van der Waals surface area contributed by atoms with Crippen LogP contribution in [-0.2, 0) is 0 Å². The van der Waals surface area contributed by atoms with Crippen molar-refractivity contribution < 1.29 is 0 Å². The first kappa shape index (κ1) is 9.96. The number of hydrogen-bond donors (Lipinski definition) is 0. The molecule has 0 atom stereocenters. The lowest BCUT2D eigenvalue weighted by Gasteiger charge is -2.00. The van der Waals surface area contributed by atoms with Crippen LogP contribution in [0.5, 0.6) is 0 Å². The summed E-state index contributed by atoms with van der Waals surface area (Å²) < 4.78 is 0. The van der Waals surface area contributed by atoms with Gasteiger partial charge in [-0.25, -0.2) is 0 Å². The maximum Gasteiger partial charge on any atom is -0.0234 e. The summed E-state index contributed by atoms with van der Waals surface area (Å²) in [4.78, 5) is 0. The van der Waals surface area contributed by atoms with Crippen molar-refractivity contribution in [2.75, 3.05) is 0 Å². The largest absolute Gasteiger partial charge is 0.0985 e. The van der Waals surface area contributed by atoms with E-state index in [9.17, 15) is 0 Å². The van der Waals surface area contributed by atoms with Gasteiger partial charge in [-0.15, -0.1) is 0 Å². The highest BCUT2D eigenvalue weighted by atomic mass is 14.0. The van der Waals surface area contributed by atoms with E-state index in [4.69, 9.17) is 0 Å².